The molecule has 0 saturated heterocycles. The zero-order valence-corrected chi connectivity index (χ0v) is 12.8. The van der Waals surface area contributed by atoms with Crippen molar-refractivity contribution >= 4 is 11.7 Å². The van der Waals surface area contributed by atoms with Crippen LogP contribution in [0.1, 0.15) is 55.6 Å². The molecule has 4 nitrogen and oxygen atoms in total. The van der Waals surface area contributed by atoms with Crippen LogP contribution in [-0.4, -0.2) is 35.4 Å². The summed E-state index contributed by atoms with van der Waals surface area (Å²) in [5.41, 5.74) is 1.73. The normalized spacial score (nSPS) is 14.2. The monoisotopic (exact) mass is 275 g/mol. The van der Waals surface area contributed by atoms with Gasteiger partial charge in [-0.15, -0.1) is 0 Å². The van der Waals surface area contributed by atoms with Crippen molar-refractivity contribution in [2.45, 2.75) is 52.0 Å². The maximum Gasteiger partial charge on any atom is 0.254 e. The number of aromatic nitrogens is 1. The molecular formula is C16H25N3O. The van der Waals surface area contributed by atoms with E-state index in [0.717, 1.165) is 55.7 Å². The lowest BCUT2D eigenvalue weighted by molar-refractivity contribution is 0.0740. The summed E-state index contributed by atoms with van der Waals surface area (Å²) < 4.78 is 0. The molecule has 0 bridgehead atoms. The van der Waals surface area contributed by atoms with Gasteiger partial charge in [0, 0.05) is 30.9 Å². The molecule has 1 aliphatic carbocycles. The summed E-state index contributed by atoms with van der Waals surface area (Å²) in [6.07, 6.45) is 5.34. The van der Waals surface area contributed by atoms with Crippen LogP contribution in [0, 0.1) is 0 Å². The number of hydrogen-bond acceptors (Lipinski definition) is 3. The van der Waals surface area contributed by atoms with Gasteiger partial charge in [-0.1, -0.05) is 20.3 Å². The van der Waals surface area contributed by atoms with Gasteiger partial charge in [-0.25, -0.2) is 4.98 Å². The van der Waals surface area contributed by atoms with E-state index in [4.69, 9.17) is 0 Å². The third-order valence-corrected chi connectivity index (χ3v) is 3.74. The lowest BCUT2D eigenvalue weighted by Crippen LogP contribution is -2.34. The summed E-state index contributed by atoms with van der Waals surface area (Å²) in [7, 11) is 1.84. The Kier molecular flexibility index (Phi) is 4.99. The van der Waals surface area contributed by atoms with Crippen LogP contribution in [0.15, 0.2) is 12.1 Å². The number of pyridine rings is 1. The minimum Gasteiger partial charge on any atom is -0.373 e. The van der Waals surface area contributed by atoms with Crippen LogP contribution in [0.4, 0.5) is 5.82 Å². The first kappa shape index (κ1) is 14.8. The highest BCUT2D eigenvalue weighted by Gasteiger charge is 2.32. The van der Waals surface area contributed by atoms with Gasteiger partial charge in [0.1, 0.15) is 5.82 Å². The molecule has 0 aliphatic heterocycles. The van der Waals surface area contributed by atoms with E-state index in [-0.39, 0.29) is 5.91 Å². The Hall–Kier alpha value is -1.58. The Balaban J connectivity index is 2.21. The van der Waals surface area contributed by atoms with E-state index in [0.29, 0.717) is 6.04 Å². The van der Waals surface area contributed by atoms with Gasteiger partial charge in [-0.2, -0.15) is 0 Å². The molecule has 110 valence electrons. The number of carbonyl (C=O) groups is 1. The van der Waals surface area contributed by atoms with E-state index in [1.54, 1.807) is 0 Å². The number of anilines is 1. The van der Waals surface area contributed by atoms with Crippen LogP contribution in [0.25, 0.3) is 0 Å². The Morgan fingerprint density at radius 1 is 1.40 bits per heavy atom. The van der Waals surface area contributed by atoms with Crippen LogP contribution in [0.5, 0.6) is 0 Å². The molecule has 4 heteroatoms. The fourth-order valence-corrected chi connectivity index (χ4v) is 2.35. The highest BCUT2D eigenvalue weighted by Crippen LogP contribution is 2.29. The first-order valence-electron chi connectivity index (χ1n) is 7.69. The van der Waals surface area contributed by atoms with E-state index < -0.39 is 0 Å². The molecule has 1 aliphatic rings. The van der Waals surface area contributed by atoms with Crippen molar-refractivity contribution in [2.75, 3.05) is 18.9 Å². The number of rotatable bonds is 7. The van der Waals surface area contributed by atoms with Crippen molar-refractivity contribution < 1.29 is 4.79 Å². The third kappa shape index (κ3) is 3.50. The number of nitrogens with zero attached hydrogens (tertiary/aromatic N) is 2. The fourth-order valence-electron chi connectivity index (χ4n) is 2.35. The maximum absolute atomic E-state index is 12.7. The van der Waals surface area contributed by atoms with Crippen LogP contribution < -0.4 is 5.32 Å². The van der Waals surface area contributed by atoms with Crippen molar-refractivity contribution in [1.29, 1.82) is 0 Å². The van der Waals surface area contributed by atoms with Crippen molar-refractivity contribution in [3.8, 4) is 0 Å². The quantitative estimate of drug-likeness (QED) is 0.831. The van der Waals surface area contributed by atoms with Crippen LogP contribution >= 0.6 is 0 Å². The number of unbranched alkanes of at least 4 members (excludes halogenated alkanes) is 1. The summed E-state index contributed by atoms with van der Waals surface area (Å²) in [6.45, 7) is 5.10. The van der Waals surface area contributed by atoms with Crippen molar-refractivity contribution in [1.82, 2.24) is 9.88 Å². The Morgan fingerprint density at radius 2 is 2.15 bits per heavy atom. The second kappa shape index (κ2) is 6.73. The fraction of sp³-hybridized carbons (Fsp3) is 0.625. The summed E-state index contributed by atoms with van der Waals surface area (Å²) in [5.74, 6) is 0.938. The minimum absolute atomic E-state index is 0.162. The topological polar surface area (TPSA) is 45.2 Å². The van der Waals surface area contributed by atoms with E-state index in [2.05, 4.69) is 29.0 Å². The van der Waals surface area contributed by atoms with Gasteiger partial charge in [-0.3, -0.25) is 4.79 Å². The predicted molar refractivity (Wildman–Crippen MR) is 82.1 cm³/mol. The first-order chi connectivity index (χ1) is 9.69. The molecule has 0 aromatic carbocycles. The molecule has 1 saturated carbocycles. The van der Waals surface area contributed by atoms with Crippen molar-refractivity contribution in [2.24, 2.45) is 0 Å². The van der Waals surface area contributed by atoms with Gasteiger partial charge in [0.15, 0.2) is 0 Å². The van der Waals surface area contributed by atoms with Gasteiger partial charge >= 0.3 is 0 Å². The molecule has 1 heterocycles. The van der Waals surface area contributed by atoms with E-state index in [1.165, 1.54) is 0 Å². The molecule has 1 aromatic heterocycles. The Labute approximate surface area is 121 Å². The second-order valence-electron chi connectivity index (χ2n) is 5.42. The number of amides is 1. The minimum atomic E-state index is 0.162. The summed E-state index contributed by atoms with van der Waals surface area (Å²) in [4.78, 5) is 19.2. The lowest BCUT2D eigenvalue weighted by Gasteiger charge is -2.22. The van der Waals surface area contributed by atoms with Gasteiger partial charge in [0.25, 0.3) is 5.91 Å². The van der Waals surface area contributed by atoms with Gasteiger partial charge < -0.3 is 10.2 Å². The first-order valence-corrected chi connectivity index (χ1v) is 7.69. The SMILES string of the molecule is CCCCN(C(=O)c1cc(CC)nc(NC)c1)C1CC1. The summed E-state index contributed by atoms with van der Waals surface area (Å²) in [6, 6.07) is 4.26. The Morgan fingerprint density at radius 3 is 2.70 bits per heavy atom. The van der Waals surface area contributed by atoms with Gasteiger partial charge in [-0.05, 0) is 37.8 Å². The van der Waals surface area contributed by atoms with Crippen molar-refractivity contribution in [3.05, 3.63) is 23.4 Å². The smallest absolute Gasteiger partial charge is 0.254 e. The maximum atomic E-state index is 12.7. The van der Waals surface area contributed by atoms with Gasteiger partial charge in [0.05, 0.1) is 0 Å². The average Bonchev–Trinajstić information content (AvgIpc) is 3.31. The standard InChI is InChI=1S/C16H25N3O/c1-4-6-9-19(14-7-8-14)16(20)12-10-13(5-2)18-15(11-12)17-3/h10-11,14H,4-9H2,1-3H3,(H,17,18). The molecule has 1 fully saturated rings. The molecule has 0 atom stereocenters. The van der Waals surface area contributed by atoms with Crippen molar-refractivity contribution in [3.63, 3.8) is 0 Å². The third-order valence-electron chi connectivity index (χ3n) is 3.74. The average molecular weight is 275 g/mol. The molecular weight excluding hydrogens is 250 g/mol. The number of aryl methyl sites for hydroxylation is 1. The molecule has 20 heavy (non-hydrogen) atoms. The lowest BCUT2D eigenvalue weighted by atomic mass is 10.1. The Bertz CT molecular complexity index is 447. The van der Waals surface area contributed by atoms with Crippen LogP contribution in [0.2, 0.25) is 0 Å². The zero-order chi connectivity index (χ0) is 14.5. The van der Waals surface area contributed by atoms with E-state index in [1.807, 2.05) is 19.2 Å². The van der Waals surface area contributed by atoms with Crippen LogP contribution in [0.3, 0.4) is 0 Å². The number of nitrogens with one attached hydrogen (secondary N) is 1. The predicted octanol–water partition coefficient (Wildman–Crippen LogP) is 3.09. The molecule has 1 N–H and O–H groups in total. The zero-order valence-electron chi connectivity index (χ0n) is 12.8. The summed E-state index contributed by atoms with van der Waals surface area (Å²) in [5, 5.41) is 3.04. The largest absolute Gasteiger partial charge is 0.373 e. The highest BCUT2D eigenvalue weighted by molar-refractivity contribution is 5.95. The van der Waals surface area contributed by atoms with E-state index in [9.17, 15) is 4.79 Å². The highest BCUT2D eigenvalue weighted by atomic mass is 16.2. The molecule has 0 radical (unpaired) electrons. The van der Waals surface area contributed by atoms with Crippen LogP contribution in [-0.2, 0) is 6.42 Å². The number of hydrogen-bond donors (Lipinski definition) is 1. The molecule has 0 unspecified atom stereocenters. The molecule has 1 aromatic rings. The second-order valence-corrected chi connectivity index (χ2v) is 5.42. The van der Waals surface area contributed by atoms with Gasteiger partial charge in [0.2, 0.25) is 0 Å². The summed E-state index contributed by atoms with van der Waals surface area (Å²) >= 11 is 0. The number of carbonyl (C=O) groups excluding carboxylic acids is 1. The van der Waals surface area contributed by atoms with E-state index >= 15 is 0 Å². The molecule has 2 rings (SSSR count). The molecule has 0 spiro atoms. The molecule has 1 amide bonds.